The molecule has 4 heteroatoms. The van der Waals surface area contributed by atoms with E-state index in [2.05, 4.69) is 5.32 Å². The number of nitrogens with two attached hydrogens (primary N) is 1. The maximum atomic E-state index is 11.7. The summed E-state index contributed by atoms with van der Waals surface area (Å²) in [6.07, 6.45) is 8.46. The Balaban J connectivity index is 2.25. The van der Waals surface area contributed by atoms with E-state index in [4.69, 9.17) is 5.73 Å². The number of hydrogen-bond acceptors (Lipinski definition) is 3. The van der Waals surface area contributed by atoms with Gasteiger partial charge in [0.2, 0.25) is 12.2 Å². The molecule has 1 rings (SSSR count). The molecule has 4 nitrogen and oxygen atoms in total. The molecule has 1 fully saturated rings. The van der Waals surface area contributed by atoms with Gasteiger partial charge in [-0.2, -0.15) is 0 Å². The van der Waals surface area contributed by atoms with Crippen LogP contribution in [0.15, 0.2) is 0 Å². The van der Waals surface area contributed by atoms with E-state index >= 15 is 0 Å². The second-order valence-electron chi connectivity index (χ2n) is 4.44. The molecule has 3 N–H and O–H groups in total. The zero-order valence-electron chi connectivity index (χ0n) is 9.71. The van der Waals surface area contributed by atoms with Crippen LogP contribution < -0.4 is 11.1 Å². The summed E-state index contributed by atoms with van der Waals surface area (Å²) < 4.78 is 0. The highest BCUT2D eigenvalue weighted by atomic mass is 16.2. The van der Waals surface area contributed by atoms with Gasteiger partial charge < -0.3 is 11.1 Å². The first-order valence-corrected chi connectivity index (χ1v) is 6.16. The van der Waals surface area contributed by atoms with Gasteiger partial charge >= 0.3 is 0 Å². The first-order chi connectivity index (χ1) is 7.77. The zero-order chi connectivity index (χ0) is 11.8. The smallest absolute Gasteiger partial charge is 0.223 e. The molecule has 0 aromatic heterocycles. The number of nitrogens with one attached hydrogen (secondary N) is 1. The van der Waals surface area contributed by atoms with E-state index in [9.17, 15) is 9.59 Å². The van der Waals surface area contributed by atoms with Crippen molar-refractivity contribution in [3.8, 4) is 0 Å². The highest BCUT2D eigenvalue weighted by Gasteiger charge is 2.24. The van der Waals surface area contributed by atoms with Crippen LogP contribution in [0.25, 0.3) is 0 Å². The molecule has 91 valence electrons. The summed E-state index contributed by atoms with van der Waals surface area (Å²) in [5.74, 6) is 0.143. The largest absolute Gasteiger partial charge is 0.346 e. The van der Waals surface area contributed by atoms with Gasteiger partial charge in [-0.25, -0.2) is 0 Å². The molecular formula is C12H21N2O2. The third-order valence-electron chi connectivity index (χ3n) is 3.13. The molecule has 16 heavy (non-hydrogen) atoms. The minimum Gasteiger partial charge on any atom is -0.346 e. The van der Waals surface area contributed by atoms with Crippen LogP contribution in [-0.2, 0) is 9.59 Å². The van der Waals surface area contributed by atoms with E-state index in [0.29, 0.717) is 13.0 Å². The number of amides is 1. The molecule has 0 heterocycles. The second kappa shape index (κ2) is 7.39. The topological polar surface area (TPSA) is 72.2 Å². The molecule has 1 radical (unpaired) electrons. The average molecular weight is 225 g/mol. The van der Waals surface area contributed by atoms with Gasteiger partial charge in [-0.1, -0.05) is 12.8 Å². The third kappa shape index (κ3) is 4.31. The van der Waals surface area contributed by atoms with E-state index in [0.717, 1.165) is 38.5 Å². The maximum absolute atomic E-state index is 11.7. The molecule has 0 aromatic carbocycles. The van der Waals surface area contributed by atoms with Crippen molar-refractivity contribution >= 4 is 12.2 Å². The lowest BCUT2D eigenvalue weighted by molar-refractivity contribution is -0.125. The van der Waals surface area contributed by atoms with Crippen LogP contribution in [0.4, 0.5) is 0 Å². The number of carbonyl (C=O) groups excluding carboxylic acids is 2. The maximum Gasteiger partial charge on any atom is 0.223 e. The number of rotatable bonds is 7. The molecule has 1 amide bonds. The van der Waals surface area contributed by atoms with E-state index < -0.39 is 6.04 Å². The van der Waals surface area contributed by atoms with Crippen molar-refractivity contribution in [3.63, 3.8) is 0 Å². The summed E-state index contributed by atoms with van der Waals surface area (Å²) in [6.45, 7) is 0.627. The van der Waals surface area contributed by atoms with Crippen LogP contribution in [0.2, 0.25) is 0 Å². The predicted octanol–water partition coefficient (Wildman–Crippen LogP) is 0.900. The summed E-state index contributed by atoms with van der Waals surface area (Å²) in [5, 5.41) is 2.76. The molecule has 0 bridgehead atoms. The number of carbonyl (C=O) groups is 1. The van der Waals surface area contributed by atoms with Crippen molar-refractivity contribution in [2.45, 2.75) is 51.0 Å². The fraction of sp³-hybridized carbons (Fsp3) is 0.833. The fourth-order valence-electron chi connectivity index (χ4n) is 2.13. The predicted molar refractivity (Wildman–Crippen MR) is 62.5 cm³/mol. The van der Waals surface area contributed by atoms with Gasteiger partial charge in [-0.05, 0) is 38.6 Å². The monoisotopic (exact) mass is 225 g/mol. The zero-order valence-corrected chi connectivity index (χ0v) is 9.71. The van der Waals surface area contributed by atoms with Crippen molar-refractivity contribution < 1.29 is 9.59 Å². The minimum atomic E-state index is -0.445. The molecule has 0 saturated heterocycles. The van der Waals surface area contributed by atoms with Crippen LogP contribution in [0, 0.1) is 5.92 Å². The fourth-order valence-corrected chi connectivity index (χ4v) is 2.13. The molecule has 1 saturated carbocycles. The summed E-state index contributed by atoms with van der Waals surface area (Å²) >= 11 is 0. The lowest BCUT2D eigenvalue weighted by Crippen LogP contribution is -2.39. The van der Waals surface area contributed by atoms with Crippen LogP contribution in [0.1, 0.15) is 44.9 Å². The lowest BCUT2D eigenvalue weighted by atomic mass is 10.1. The lowest BCUT2D eigenvalue weighted by Gasteiger charge is -2.15. The van der Waals surface area contributed by atoms with Gasteiger partial charge in [0.25, 0.3) is 0 Å². The van der Waals surface area contributed by atoms with E-state index in [-0.39, 0.29) is 11.8 Å². The average Bonchev–Trinajstić information content (AvgIpc) is 2.81. The molecule has 0 aromatic rings. The molecule has 0 spiro atoms. The Morgan fingerprint density at radius 3 is 2.62 bits per heavy atom. The highest BCUT2D eigenvalue weighted by Crippen LogP contribution is 2.24. The van der Waals surface area contributed by atoms with Crippen LogP contribution in [0.5, 0.6) is 0 Å². The van der Waals surface area contributed by atoms with Crippen LogP contribution in [-0.4, -0.2) is 24.8 Å². The molecular weight excluding hydrogens is 204 g/mol. The molecule has 1 atom stereocenters. The SMILES string of the molecule is NCCCCC([C]=O)NC(=O)C1CCCC1. The summed E-state index contributed by atoms with van der Waals surface area (Å²) in [4.78, 5) is 22.4. The van der Waals surface area contributed by atoms with Crippen LogP contribution >= 0.6 is 0 Å². The Morgan fingerprint density at radius 1 is 1.38 bits per heavy atom. The molecule has 1 aliphatic rings. The highest BCUT2D eigenvalue weighted by molar-refractivity contribution is 5.82. The van der Waals surface area contributed by atoms with Crippen molar-refractivity contribution in [2.24, 2.45) is 11.7 Å². The van der Waals surface area contributed by atoms with Crippen LogP contribution in [0.3, 0.4) is 0 Å². The first kappa shape index (κ1) is 13.2. The quantitative estimate of drug-likeness (QED) is 0.632. The van der Waals surface area contributed by atoms with Crippen molar-refractivity contribution in [1.29, 1.82) is 0 Å². The van der Waals surface area contributed by atoms with Gasteiger partial charge in [0.15, 0.2) is 0 Å². The normalized spacial score (nSPS) is 18.3. The summed E-state index contributed by atoms with van der Waals surface area (Å²) in [7, 11) is 0. The Labute approximate surface area is 97.0 Å². The molecule has 0 aliphatic heterocycles. The minimum absolute atomic E-state index is 0.0265. The first-order valence-electron chi connectivity index (χ1n) is 6.16. The van der Waals surface area contributed by atoms with Crippen molar-refractivity contribution in [1.82, 2.24) is 5.32 Å². The van der Waals surface area contributed by atoms with Gasteiger partial charge in [-0.3, -0.25) is 9.59 Å². The van der Waals surface area contributed by atoms with Crippen molar-refractivity contribution in [2.75, 3.05) is 6.54 Å². The third-order valence-corrected chi connectivity index (χ3v) is 3.13. The molecule has 1 aliphatic carbocycles. The van der Waals surface area contributed by atoms with E-state index in [1.165, 1.54) is 0 Å². The summed E-state index contributed by atoms with van der Waals surface area (Å²) in [5.41, 5.74) is 5.37. The van der Waals surface area contributed by atoms with Gasteiger partial charge in [0.1, 0.15) is 0 Å². The summed E-state index contributed by atoms with van der Waals surface area (Å²) in [6, 6.07) is -0.445. The number of hydrogen-bond donors (Lipinski definition) is 2. The Hall–Kier alpha value is -0.900. The Morgan fingerprint density at radius 2 is 2.06 bits per heavy atom. The Kier molecular flexibility index (Phi) is 6.08. The van der Waals surface area contributed by atoms with Gasteiger partial charge in [-0.15, -0.1) is 0 Å². The standard InChI is InChI=1S/C12H21N2O2/c13-8-4-3-7-11(9-15)14-12(16)10-5-1-2-6-10/h10-11H,1-8,13H2,(H,14,16). The Bertz CT molecular complexity index is 225. The van der Waals surface area contributed by atoms with Crippen molar-refractivity contribution in [3.05, 3.63) is 0 Å². The van der Waals surface area contributed by atoms with E-state index in [1.807, 2.05) is 6.29 Å². The number of unbranched alkanes of at least 4 members (excludes halogenated alkanes) is 1. The van der Waals surface area contributed by atoms with Gasteiger partial charge in [0.05, 0.1) is 6.04 Å². The van der Waals surface area contributed by atoms with E-state index in [1.54, 1.807) is 0 Å². The van der Waals surface area contributed by atoms with Gasteiger partial charge in [0, 0.05) is 5.92 Å². The second-order valence-corrected chi connectivity index (χ2v) is 4.44. The molecule has 1 unspecified atom stereocenters.